The number of halogens is 1. The zero-order valence-corrected chi connectivity index (χ0v) is 13.3. The van der Waals surface area contributed by atoms with E-state index in [4.69, 9.17) is 16.1 Å². The van der Waals surface area contributed by atoms with Crippen LogP contribution in [0.5, 0.6) is 0 Å². The Morgan fingerprint density at radius 2 is 1.79 bits per heavy atom. The lowest BCUT2D eigenvalue weighted by Gasteiger charge is -2.05. The third-order valence-electron chi connectivity index (χ3n) is 3.78. The molecule has 0 unspecified atom stereocenters. The highest BCUT2D eigenvalue weighted by Crippen LogP contribution is 2.25. The monoisotopic (exact) mass is 337 g/mol. The first-order chi connectivity index (χ1) is 11.7. The van der Waals surface area contributed by atoms with Crippen LogP contribution in [-0.4, -0.2) is 14.7 Å². The van der Waals surface area contributed by atoms with E-state index in [1.807, 2.05) is 30.3 Å². The second kappa shape index (κ2) is 5.94. The van der Waals surface area contributed by atoms with Crippen molar-refractivity contribution in [3.8, 4) is 11.3 Å². The zero-order chi connectivity index (χ0) is 16.5. The van der Waals surface area contributed by atoms with Crippen molar-refractivity contribution in [2.45, 2.75) is 6.54 Å². The molecule has 118 valence electrons. The minimum Gasteiger partial charge on any atom is -0.335 e. The highest BCUT2D eigenvalue weighted by atomic mass is 35.5. The van der Waals surface area contributed by atoms with Crippen LogP contribution in [0.25, 0.3) is 22.4 Å². The average molecular weight is 338 g/mol. The Balaban J connectivity index is 1.84. The lowest BCUT2D eigenvalue weighted by atomic mass is 10.1. The molecule has 0 spiro atoms. The van der Waals surface area contributed by atoms with E-state index >= 15 is 0 Å². The summed E-state index contributed by atoms with van der Waals surface area (Å²) in [5.74, 6) is 0. The highest BCUT2D eigenvalue weighted by Gasteiger charge is 2.17. The van der Waals surface area contributed by atoms with E-state index in [2.05, 4.69) is 10.1 Å². The van der Waals surface area contributed by atoms with Gasteiger partial charge in [0.25, 0.3) is 11.3 Å². The van der Waals surface area contributed by atoms with E-state index in [1.54, 1.807) is 28.8 Å². The third-order valence-corrected chi connectivity index (χ3v) is 4.03. The van der Waals surface area contributed by atoms with Gasteiger partial charge in [0.15, 0.2) is 0 Å². The van der Waals surface area contributed by atoms with Crippen LogP contribution in [0.2, 0.25) is 5.02 Å². The van der Waals surface area contributed by atoms with Gasteiger partial charge in [0.05, 0.1) is 6.54 Å². The standard InChI is InChI=1S/C18H12ClN3O2/c19-14-8-6-13(7-9-14)16-15-17(24-21-16)20-11-22(18(15)23)10-12-4-2-1-3-5-12/h1-9,11H,10H2. The summed E-state index contributed by atoms with van der Waals surface area (Å²) in [4.78, 5) is 17.1. The summed E-state index contributed by atoms with van der Waals surface area (Å²) in [5.41, 5.74) is 2.30. The first kappa shape index (κ1) is 14.7. The maximum absolute atomic E-state index is 12.9. The molecule has 0 saturated carbocycles. The predicted octanol–water partition coefficient (Wildman–Crippen LogP) is 3.75. The summed E-state index contributed by atoms with van der Waals surface area (Å²) >= 11 is 5.92. The summed E-state index contributed by atoms with van der Waals surface area (Å²) in [5, 5.41) is 5.00. The maximum Gasteiger partial charge on any atom is 0.267 e. The Bertz CT molecular complexity index is 1050. The van der Waals surface area contributed by atoms with Crippen molar-refractivity contribution in [1.29, 1.82) is 0 Å². The minimum atomic E-state index is -0.185. The van der Waals surface area contributed by atoms with Crippen LogP contribution in [0.3, 0.4) is 0 Å². The molecule has 6 heteroatoms. The molecule has 0 N–H and O–H groups in total. The van der Waals surface area contributed by atoms with Gasteiger partial charge in [0.1, 0.15) is 17.4 Å². The molecule has 0 amide bonds. The van der Waals surface area contributed by atoms with Crippen LogP contribution in [0, 0.1) is 0 Å². The predicted molar refractivity (Wildman–Crippen MR) is 92.1 cm³/mol. The van der Waals surface area contributed by atoms with E-state index in [0.717, 1.165) is 11.1 Å². The SMILES string of the molecule is O=c1c2c(-c3ccc(Cl)cc3)noc2ncn1Cc1ccccc1. The van der Waals surface area contributed by atoms with Gasteiger partial charge in [0.2, 0.25) is 0 Å². The smallest absolute Gasteiger partial charge is 0.267 e. The van der Waals surface area contributed by atoms with E-state index < -0.39 is 0 Å². The number of aromatic nitrogens is 3. The van der Waals surface area contributed by atoms with Crippen LogP contribution >= 0.6 is 11.6 Å². The molecule has 2 heterocycles. The Morgan fingerprint density at radius 1 is 1.04 bits per heavy atom. The molecule has 0 atom stereocenters. The number of benzene rings is 2. The summed E-state index contributed by atoms with van der Waals surface area (Å²) in [6.45, 7) is 0.438. The molecule has 0 aliphatic rings. The van der Waals surface area contributed by atoms with Gasteiger partial charge in [-0.1, -0.05) is 59.2 Å². The second-order valence-corrected chi connectivity index (χ2v) is 5.82. The fraction of sp³-hybridized carbons (Fsp3) is 0.0556. The van der Waals surface area contributed by atoms with E-state index in [-0.39, 0.29) is 11.3 Å². The molecule has 24 heavy (non-hydrogen) atoms. The van der Waals surface area contributed by atoms with E-state index in [9.17, 15) is 4.79 Å². The van der Waals surface area contributed by atoms with Gasteiger partial charge in [0, 0.05) is 10.6 Å². The molecule has 4 rings (SSSR count). The fourth-order valence-corrected chi connectivity index (χ4v) is 2.70. The summed E-state index contributed by atoms with van der Waals surface area (Å²) < 4.78 is 6.76. The van der Waals surface area contributed by atoms with Crippen molar-refractivity contribution in [2.24, 2.45) is 0 Å². The second-order valence-electron chi connectivity index (χ2n) is 5.38. The van der Waals surface area contributed by atoms with Crippen LogP contribution < -0.4 is 5.56 Å². The number of hydrogen-bond acceptors (Lipinski definition) is 4. The molecule has 0 bridgehead atoms. The lowest BCUT2D eigenvalue weighted by Crippen LogP contribution is -2.21. The molecule has 2 aromatic carbocycles. The molecule has 0 aliphatic heterocycles. The minimum absolute atomic E-state index is 0.185. The zero-order valence-electron chi connectivity index (χ0n) is 12.5. The Morgan fingerprint density at radius 3 is 2.54 bits per heavy atom. The van der Waals surface area contributed by atoms with Gasteiger partial charge in [-0.2, -0.15) is 0 Å². The topological polar surface area (TPSA) is 60.9 Å². The third kappa shape index (κ3) is 2.59. The largest absolute Gasteiger partial charge is 0.335 e. The van der Waals surface area contributed by atoms with Crippen LogP contribution in [0.4, 0.5) is 0 Å². The summed E-state index contributed by atoms with van der Waals surface area (Å²) in [6.07, 6.45) is 1.48. The Labute approximate surface area is 142 Å². The summed E-state index contributed by atoms with van der Waals surface area (Å²) in [6, 6.07) is 16.8. The molecule has 0 radical (unpaired) electrons. The van der Waals surface area contributed by atoms with Gasteiger partial charge in [-0.3, -0.25) is 9.36 Å². The summed E-state index contributed by atoms with van der Waals surface area (Å²) in [7, 11) is 0. The van der Waals surface area contributed by atoms with Gasteiger partial charge in [-0.05, 0) is 17.7 Å². The van der Waals surface area contributed by atoms with Crippen LogP contribution in [0.1, 0.15) is 5.56 Å². The van der Waals surface area contributed by atoms with Crippen molar-refractivity contribution in [3.05, 3.63) is 81.9 Å². The van der Waals surface area contributed by atoms with Gasteiger partial charge < -0.3 is 4.52 Å². The fourth-order valence-electron chi connectivity index (χ4n) is 2.58. The van der Waals surface area contributed by atoms with Crippen molar-refractivity contribution in [1.82, 2.24) is 14.7 Å². The normalized spacial score (nSPS) is 11.0. The molecule has 0 aliphatic carbocycles. The molecule has 0 saturated heterocycles. The molecule has 5 nitrogen and oxygen atoms in total. The van der Waals surface area contributed by atoms with Crippen molar-refractivity contribution in [3.63, 3.8) is 0 Å². The first-order valence-corrected chi connectivity index (χ1v) is 7.75. The quantitative estimate of drug-likeness (QED) is 0.571. The molecular formula is C18H12ClN3O2. The maximum atomic E-state index is 12.9. The van der Waals surface area contributed by atoms with Crippen molar-refractivity contribution >= 4 is 22.7 Å². The van der Waals surface area contributed by atoms with E-state index in [0.29, 0.717) is 22.6 Å². The highest BCUT2D eigenvalue weighted by molar-refractivity contribution is 6.30. The lowest BCUT2D eigenvalue weighted by molar-refractivity contribution is 0.450. The van der Waals surface area contributed by atoms with E-state index in [1.165, 1.54) is 6.33 Å². The van der Waals surface area contributed by atoms with Crippen molar-refractivity contribution in [2.75, 3.05) is 0 Å². The molecule has 0 fully saturated rings. The first-order valence-electron chi connectivity index (χ1n) is 7.37. The number of hydrogen-bond donors (Lipinski definition) is 0. The van der Waals surface area contributed by atoms with Gasteiger partial charge in [-0.15, -0.1) is 0 Å². The van der Waals surface area contributed by atoms with Crippen molar-refractivity contribution < 1.29 is 4.52 Å². The number of rotatable bonds is 3. The Kier molecular flexibility index (Phi) is 3.63. The Hall–Kier alpha value is -2.92. The number of nitrogens with zero attached hydrogens (tertiary/aromatic N) is 3. The molecular weight excluding hydrogens is 326 g/mol. The number of fused-ring (bicyclic) bond motifs is 1. The molecule has 4 aromatic rings. The average Bonchev–Trinajstić information content (AvgIpc) is 3.04. The van der Waals surface area contributed by atoms with Gasteiger partial charge >= 0.3 is 0 Å². The van der Waals surface area contributed by atoms with Gasteiger partial charge in [-0.25, -0.2) is 4.98 Å². The van der Waals surface area contributed by atoms with Crippen LogP contribution in [-0.2, 0) is 6.54 Å². The van der Waals surface area contributed by atoms with Crippen LogP contribution in [0.15, 0.2) is 70.2 Å². The molecule has 2 aromatic heterocycles.